The summed E-state index contributed by atoms with van der Waals surface area (Å²) in [6.07, 6.45) is 4.76. The van der Waals surface area contributed by atoms with Crippen LogP contribution in [0.4, 0.5) is 0 Å². The molecule has 1 aromatic heterocycles. The first-order valence-electron chi connectivity index (χ1n) is 12.7. The molecule has 1 unspecified atom stereocenters. The van der Waals surface area contributed by atoms with Gasteiger partial charge in [0.05, 0.1) is 11.2 Å². The van der Waals surface area contributed by atoms with Gasteiger partial charge in [0, 0.05) is 29.3 Å². The smallest absolute Gasteiger partial charge is 0.318 e. The van der Waals surface area contributed by atoms with Gasteiger partial charge in [-0.2, -0.15) is 0 Å². The largest absolute Gasteiger partial charge is 0.331 e. The normalized spacial score (nSPS) is 15.5. The summed E-state index contributed by atoms with van der Waals surface area (Å²) in [6, 6.07) is 26.0. The number of carbonyl (C=O) groups excluding carboxylic acids is 1. The Labute approximate surface area is 212 Å². The minimum Gasteiger partial charge on any atom is -0.318 e. The molecule has 3 aromatic carbocycles. The Morgan fingerprint density at radius 3 is 2.53 bits per heavy atom. The summed E-state index contributed by atoms with van der Waals surface area (Å²) in [4.78, 5) is 16.5. The molecule has 1 aliphatic rings. The van der Waals surface area contributed by atoms with Crippen molar-refractivity contribution in [2.75, 3.05) is 0 Å². The standard InChI is InChI=1S/C32H32N2O2/c1-5-30(33-36-23(4)35)27-20-29-28-19-24(18-25-12-10-9-11-21(25)2)15-16-31(28)34(32(29)17-22(27)3)26-13-7-6-8-14-26/h6-16,19-20,22H,5,17-18H2,1-4H3/b33-30+. The molecule has 5 rings (SSSR count). The van der Waals surface area contributed by atoms with Crippen LogP contribution in [0, 0.1) is 12.8 Å². The SMILES string of the molecule is CC/C(=N\OC(C)=O)C1=Cc2c(n(-c3ccccc3)c3ccc(Cc4ccccc4C)cc23)CC1C. The number of carbonyl (C=O) groups is 1. The fourth-order valence-electron chi connectivity index (χ4n) is 5.29. The van der Waals surface area contributed by atoms with Gasteiger partial charge < -0.3 is 9.40 Å². The number of fused-ring (bicyclic) bond motifs is 3. The van der Waals surface area contributed by atoms with Crippen LogP contribution in [0.5, 0.6) is 0 Å². The van der Waals surface area contributed by atoms with E-state index in [1.165, 1.54) is 51.5 Å². The minimum absolute atomic E-state index is 0.255. The lowest BCUT2D eigenvalue weighted by atomic mass is 9.84. The van der Waals surface area contributed by atoms with Gasteiger partial charge in [0.15, 0.2) is 0 Å². The molecule has 0 radical (unpaired) electrons. The summed E-state index contributed by atoms with van der Waals surface area (Å²) in [5.74, 6) is -0.141. The number of aryl methyl sites for hydroxylation is 1. The molecule has 4 aromatic rings. The average molecular weight is 477 g/mol. The van der Waals surface area contributed by atoms with Crippen molar-refractivity contribution in [1.82, 2.24) is 4.57 Å². The number of oxime groups is 1. The Morgan fingerprint density at radius 1 is 1.06 bits per heavy atom. The lowest BCUT2D eigenvalue weighted by Crippen LogP contribution is -2.18. The van der Waals surface area contributed by atoms with Crippen molar-refractivity contribution in [2.24, 2.45) is 11.1 Å². The number of para-hydroxylation sites is 1. The van der Waals surface area contributed by atoms with Crippen molar-refractivity contribution in [3.05, 3.63) is 106 Å². The summed E-state index contributed by atoms with van der Waals surface area (Å²) >= 11 is 0. The van der Waals surface area contributed by atoms with Crippen molar-refractivity contribution in [2.45, 2.75) is 47.0 Å². The van der Waals surface area contributed by atoms with E-state index in [2.05, 4.69) is 109 Å². The van der Waals surface area contributed by atoms with E-state index < -0.39 is 5.97 Å². The minimum atomic E-state index is -0.396. The summed E-state index contributed by atoms with van der Waals surface area (Å²) in [6.45, 7) is 7.84. The van der Waals surface area contributed by atoms with E-state index in [0.29, 0.717) is 6.42 Å². The quantitative estimate of drug-likeness (QED) is 0.165. The molecule has 0 aliphatic heterocycles. The van der Waals surface area contributed by atoms with Crippen LogP contribution in [0.1, 0.15) is 55.1 Å². The molecular formula is C32H32N2O2. The molecule has 4 heteroatoms. The summed E-state index contributed by atoms with van der Waals surface area (Å²) in [5.41, 5.74) is 10.8. The Kier molecular flexibility index (Phi) is 6.60. The first-order valence-corrected chi connectivity index (χ1v) is 12.7. The molecule has 0 spiro atoms. The van der Waals surface area contributed by atoms with Crippen molar-refractivity contribution in [1.29, 1.82) is 0 Å². The van der Waals surface area contributed by atoms with Crippen LogP contribution >= 0.6 is 0 Å². The highest BCUT2D eigenvalue weighted by Gasteiger charge is 2.27. The maximum atomic E-state index is 11.4. The molecule has 0 N–H and O–H groups in total. The fourth-order valence-corrected chi connectivity index (χ4v) is 5.29. The van der Waals surface area contributed by atoms with E-state index in [1.54, 1.807) is 0 Å². The second-order valence-electron chi connectivity index (χ2n) is 9.67. The monoisotopic (exact) mass is 476 g/mol. The first-order chi connectivity index (χ1) is 17.5. The second-order valence-corrected chi connectivity index (χ2v) is 9.67. The van der Waals surface area contributed by atoms with Crippen LogP contribution in [0.25, 0.3) is 22.7 Å². The highest BCUT2D eigenvalue weighted by molar-refractivity contribution is 6.07. The summed E-state index contributed by atoms with van der Waals surface area (Å²) < 4.78 is 2.40. The highest BCUT2D eigenvalue weighted by Crippen LogP contribution is 2.39. The van der Waals surface area contributed by atoms with Gasteiger partial charge in [0.25, 0.3) is 0 Å². The number of benzene rings is 3. The molecule has 0 bridgehead atoms. The predicted octanol–water partition coefficient (Wildman–Crippen LogP) is 7.43. The van der Waals surface area contributed by atoms with Crippen LogP contribution in [0.3, 0.4) is 0 Å². The molecule has 1 aliphatic carbocycles. The molecule has 0 saturated heterocycles. The maximum absolute atomic E-state index is 11.4. The Hall–Kier alpha value is -3.92. The van der Waals surface area contributed by atoms with Crippen molar-refractivity contribution < 1.29 is 9.63 Å². The Balaban J connectivity index is 1.70. The first kappa shape index (κ1) is 23.8. The number of nitrogens with zero attached hydrogens (tertiary/aromatic N) is 2. The van der Waals surface area contributed by atoms with Crippen molar-refractivity contribution in [3.63, 3.8) is 0 Å². The topological polar surface area (TPSA) is 43.6 Å². The lowest BCUT2D eigenvalue weighted by Gasteiger charge is -2.23. The van der Waals surface area contributed by atoms with E-state index in [9.17, 15) is 4.79 Å². The van der Waals surface area contributed by atoms with E-state index >= 15 is 0 Å². The third-order valence-corrected chi connectivity index (χ3v) is 7.13. The van der Waals surface area contributed by atoms with E-state index in [-0.39, 0.29) is 5.92 Å². The number of allylic oxidation sites excluding steroid dienone is 1. The van der Waals surface area contributed by atoms with E-state index in [4.69, 9.17) is 4.84 Å². The molecule has 36 heavy (non-hydrogen) atoms. The lowest BCUT2D eigenvalue weighted by molar-refractivity contribution is -0.140. The zero-order chi connectivity index (χ0) is 25.2. The third-order valence-electron chi connectivity index (χ3n) is 7.13. The molecule has 1 atom stereocenters. The van der Waals surface area contributed by atoms with Crippen LogP contribution in [0.15, 0.2) is 83.5 Å². The van der Waals surface area contributed by atoms with E-state index in [1.807, 2.05) is 0 Å². The zero-order valence-electron chi connectivity index (χ0n) is 21.4. The van der Waals surface area contributed by atoms with Crippen LogP contribution < -0.4 is 0 Å². The zero-order valence-corrected chi connectivity index (χ0v) is 21.4. The van der Waals surface area contributed by atoms with Gasteiger partial charge in [-0.15, -0.1) is 0 Å². The Bertz CT molecular complexity index is 1490. The van der Waals surface area contributed by atoms with E-state index in [0.717, 1.165) is 24.1 Å². The number of hydrogen-bond donors (Lipinski definition) is 0. The molecule has 1 heterocycles. The van der Waals surface area contributed by atoms with Gasteiger partial charge in [0.2, 0.25) is 0 Å². The second kappa shape index (κ2) is 9.98. The summed E-state index contributed by atoms with van der Waals surface area (Å²) in [7, 11) is 0. The van der Waals surface area contributed by atoms with Crippen LogP contribution in [0.2, 0.25) is 0 Å². The predicted molar refractivity (Wildman–Crippen MR) is 148 cm³/mol. The van der Waals surface area contributed by atoms with Crippen molar-refractivity contribution in [3.8, 4) is 5.69 Å². The fraction of sp³-hybridized carbons (Fsp3) is 0.250. The Morgan fingerprint density at radius 2 is 1.81 bits per heavy atom. The van der Waals surface area contributed by atoms with Crippen LogP contribution in [-0.4, -0.2) is 16.2 Å². The summed E-state index contributed by atoms with van der Waals surface area (Å²) in [5, 5.41) is 5.45. The molecule has 0 fully saturated rings. The van der Waals surface area contributed by atoms with Gasteiger partial charge >= 0.3 is 5.97 Å². The average Bonchev–Trinajstić information content (AvgIpc) is 3.18. The van der Waals surface area contributed by atoms with Gasteiger partial charge in [-0.05, 0) is 84.7 Å². The highest BCUT2D eigenvalue weighted by atomic mass is 16.7. The molecular weight excluding hydrogens is 444 g/mol. The molecule has 0 amide bonds. The number of aromatic nitrogens is 1. The number of hydrogen-bond acceptors (Lipinski definition) is 3. The number of rotatable bonds is 6. The van der Waals surface area contributed by atoms with Gasteiger partial charge in [-0.1, -0.05) is 67.5 Å². The molecule has 182 valence electrons. The molecule has 0 saturated carbocycles. The third kappa shape index (κ3) is 4.51. The van der Waals surface area contributed by atoms with Crippen LogP contribution in [-0.2, 0) is 22.5 Å². The molecule has 4 nitrogen and oxygen atoms in total. The maximum Gasteiger partial charge on any atom is 0.331 e. The van der Waals surface area contributed by atoms with Crippen molar-refractivity contribution >= 4 is 28.7 Å². The van der Waals surface area contributed by atoms with Gasteiger partial charge in [-0.3, -0.25) is 0 Å². The van der Waals surface area contributed by atoms with Gasteiger partial charge in [-0.25, -0.2) is 4.79 Å². The van der Waals surface area contributed by atoms with Gasteiger partial charge in [0.1, 0.15) is 0 Å².